The number of carbonyl (C=O) groups excluding carboxylic acids is 1. The van der Waals surface area contributed by atoms with Gasteiger partial charge in [-0.15, -0.1) is 0 Å². The molecule has 0 aromatic carbocycles. The van der Waals surface area contributed by atoms with Gasteiger partial charge in [-0.25, -0.2) is 0 Å². The number of carbonyl (C=O) groups is 1. The molecule has 0 unspecified atom stereocenters. The van der Waals surface area contributed by atoms with Crippen LogP contribution in [0.4, 0.5) is 0 Å². The van der Waals surface area contributed by atoms with E-state index in [1.165, 1.54) is 50.7 Å². The van der Waals surface area contributed by atoms with Gasteiger partial charge in [-0.1, -0.05) is 38.5 Å². The lowest BCUT2D eigenvalue weighted by Gasteiger charge is -2.05. The highest BCUT2D eigenvalue weighted by molar-refractivity contribution is 7.99. The summed E-state index contributed by atoms with van der Waals surface area (Å²) in [5, 5.41) is 14.8. The van der Waals surface area contributed by atoms with E-state index >= 15 is 0 Å². The molecule has 0 spiro atoms. The number of aliphatic hydroxyl groups is 1. The molecule has 0 saturated carbocycles. The number of hydrogen-bond acceptors (Lipinski definition) is 4. The van der Waals surface area contributed by atoms with Crippen LogP contribution in [0.2, 0.25) is 0 Å². The SMILES string of the molecule is CNCCCCNC(=O)CCCCCCCCCCSCCO. The van der Waals surface area contributed by atoms with Crippen molar-refractivity contribution in [1.82, 2.24) is 10.6 Å². The standard InChI is InChI=1S/C18H38N2O2S/c1-19-13-9-10-14-20-18(22)12-8-6-4-2-3-5-7-11-16-23-17-15-21/h19,21H,2-17H2,1H3,(H,20,22). The third-order valence-electron chi connectivity index (χ3n) is 3.85. The lowest BCUT2D eigenvalue weighted by Crippen LogP contribution is -2.24. The van der Waals surface area contributed by atoms with Crippen molar-refractivity contribution in [1.29, 1.82) is 0 Å². The Morgan fingerprint density at radius 1 is 0.826 bits per heavy atom. The van der Waals surface area contributed by atoms with Gasteiger partial charge in [0, 0.05) is 18.7 Å². The molecule has 0 atom stereocenters. The van der Waals surface area contributed by atoms with Gasteiger partial charge in [0.1, 0.15) is 0 Å². The summed E-state index contributed by atoms with van der Waals surface area (Å²) in [4.78, 5) is 11.6. The summed E-state index contributed by atoms with van der Waals surface area (Å²) in [6.45, 7) is 2.15. The van der Waals surface area contributed by atoms with E-state index in [4.69, 9.17) is 5.11 Å². The van der Waals surface area contributed by atoms with Crippen molar-refractivity contribution < 1.29 is 9.90 Å². The summed E-state index contributed by atoms with van der Waals surface area (Å²) >= 11 is 1.85. The lowest BCUT2D eigenvalue weighted by molar-refractivity contribution is -0.121. The minimum absolute atomic E-state index is 0.217. The van der Waals surface area contributed by atoms with E-state index in [2.05, 4.69) is 10.6 Å². The minimum Gasteiger partial charge on any atom is -0.396 e. The van der Waals surface area contributed by atoms with E-state index in [0.717, 1.165) is 38.1 Å². The lowest BCUT2D eigenvalue weighted by atomic mass is 10.1. The highest BCUT2D eigenvalue weighted by Crippen LogP contribution is 2.11. The molecule has 0 heterocycles. The molecule has 0 aliphatic heterocycles. The zero-order chi connectivity index (χ0) is 17.0. The molecule has 3 N–H and O–H groups in total. The van der Waals surface area contributed by atoms with Gasteiger partial charge in [-0.2, -0.15) is 11.8 Å². The minimum atomic E-state index is 0.217. The van der Waals surface area contributed by atoms with Gasteiger partial charge in [-0.3, -0.25) is 4.79 Å². The first-order valence-electron chi connectivity index (χ1n) is 9.41. The molecule has 0 aromatic heterocycles. The zero-order valence-electron chi connectivity index (χ0n) is 15.1. The van der Waals surface area contributed by atoms with Gasteiger partial charge in [0.2, 0.25) is 5.91 Å². The van der Waals surface area contributed by atoms with Gasteiger partial charge < -0.3 is 15.7 Å². The fourth-order valence-corrected chi connectivity index (χ4v) is 3.20. The second-order valence-corrected chi connectivity index (χ2v) is 7.30. The fourth-order valence-electron chi connectivity index (χ4n) is 2.46. The molecule has 0 bridgehead atoms. The smallest absolute Gasteiger partial charge is 0.219 e. The molecule has 0 aliphatic rings. The Morgan fingerprint density at radius 3 is 2.09 bits per heavy atom. The van der Waals surface area contributed by atoms with Crippen molar-refractivity contribution in [2.45, 2.75) is 70.6 Å². The summed E-state index contributed by atoms with van der Waals surface area (Å²) in [6, 6.07) is 0. The first-order valence-corrected chi connectivity index (χ1v) is 10.6. The van der Waals surface area contributed by atoms with Crippen LogP contribution in [-0.2, 0) is 4.79 Å². The fraction of sp³-hybridized carbons (Fsp3) is 0.944. The summed E-state index contributed by atoms with van der Waals surface area (Å²) in [5.74, 6) is 2.28. The average Bonchev–Trinajstić information content (AvgIpc) is 2.55. The van der Waals surface area contributed by atoms with E-state index in [9.17, 15) is 4.79 Å². The first kappa shape index (κ1) is 22.7. The van der Waals surface area contributed by atoms with Crippen LogP contribution >= 0.6 is 11.8 Å². The van der Waals surface area contributed by atoms with Crippen molar-refractivity contribution in [3.63, 3.8) is 0 Å². The Kier molecular flexibility index (Phi) is 19.6. The van der Waals surface area contributed by atoms with Crippen molar-refractivity contribution >= 4 is 17.7 Å². The number of unbranched alkanes of at least 4 members (excludes halogenated alkanes) is 8. The predicted octanol–water partition coefficient (Wildman–Crippen LogP) is 3.34. The maximum Gasteiger partial charge on any atom is 0.219 e. The van der Waals surface area contributed by atoms with E-state index < -0.39 is 0 Å². The topological polar surface area (TPSA) is 61.4 Å². The molecule has 23 heavy (non-hydrogen) atoms. The zero-order valence-corrected chi connectivity index (χ0v) is 15.9. The molecule has 4 nitrogen and oxygen atoms in total. The Morgan fingerprint density at radius 2 is 1.43 bits per heavy atom. The van der Waals surface area contributed by atoms with Gasteiger partial charge in [0.25, 0.3) is 0 Å². The van der Waals surface area contributed by atoms with Crippen LogP contribution in [0, 0.1) is 0 Å². The number of aliphatic hydroxyl groups excluding tert-OH is 1. The average molecular weight is 347 g/mol. The van der Waals surface area contributed by atoms with Crippen molar-refractivity contribution in [2.75, 3.05) is 38.2 Å². The molecule has 0 fully saturated rings. The normalized spacial score (nSPS) is 10.9. The van der Waals surface area contributed by atoms with Crippen LogP contribution in [0.1, 0.15) is 70.6 Å². The Hall–Kier alpha value is -0.260. The van der Waals surface area contributed by atoms with Crippen LogP contribution in [0.3, 0.4) is 0 Å². The maximum absolute atomic E-state index is 11.6. The van der Waals surface area contributed by atoms with Crippen molar-refractivity contribution in [3.05, 3.63) is 0 Å². The third-order valence-corrected chi connectivity index (χ3v) is 4.90. The van der Waals surface area contributed by atoms with Crippen LogP contribution in [0.25, 0.3) is 0 Å². The van der Waals surface area contributed by atoms with Crippen LogP contribution in [0.5, 0.6) is 0 Å². The molecule has 0 saturated heterocycles. The highest BCUT2D eigenvalue weighted by atomic mass is 32.2. The summed E-state index contributed by atoms with van der Waals surface area (Å²) in [5.41, 5.74) is 0. The molecule has 1 amide bonds. The molecule has 0 radical (unpaired) electrons. The summed E-state index contributed by atoms with van der Waals surface area (Å²) in [7, 11) is 1.96. The van der Waals surface area contributed by atoms with E-state index in [1.54, 1.807) is 0 Å². The van der Waals surface area contributed by atoms with Gasteiger partial charge in [0.15, 0.2) is 0 Å². The largest absolute Gasteiger partial charge is 0.396 e. The molecular formula is C18H38N2O2S. The molecule has 138 valence electrons. The van der Waals surface area contributed by atoms with Crippen LogP contribution < -0.4 is 10.6 Å². The van der Waals surface area contributed by atoms with E-state index in [0.29, 0.717) is 13.0 Å². The quantitative estimate of drug-likeness (QED) is 0.333. The second kappa shape index (κ2) is 19.8. The highest BCUT2D eigenvalue weighted by Gasteiger charge is 2.00. The number of thioether (sulfide) groups is 1. The molecule has 0 aliphatic carbocycles. The van der Waals surface area contributed by atoms with Crippen LogP contribution in [-0.4, -0.2) is 49.3 Å². The second-order valence-electron chi connectivity index (χ2n) is 6.08. The number of rotatable bonds is 18. The Bertz CT molecular complexity index is 253. The molecule has 0 rings (SSSR count). The molecular weight excluding hydrogens is 308 g/mol. The van der Waals surface area contributed by atoms with Crippen molar-refractivity contribution in [3.8, 4) is 0 Å². The number of nitrogens with one attached hydrogen (secondary N) is 2. The van der Waals surface area contributed by atoms with Gasteiger partial charge >= 0.3 is 0 Å². The number of amides is 1. The Labute approximate surface area is 147 Å². The van der Waals surface area contributed by atoms with Crippen LogP contribution in [0.15, 0.2) is 0 Å². The first-order chi connectivity index (χ1) is 11.3. The molecule has 0 aromatic rings. The van der Waals surface area contributed by atoms with E-state index in [-0.39, 0.29) is 5.91 Å². The van der Waals surface area contributed by atoms with Crippen molar-refractivity contribution in [2.24, 2.45) is 0 Å². The maximum atomic E-state index is 11.6. The monoisotopic (exact) mass is 346 g/mol. The predicted molar refractivity (Wildman–Crippen MR) is 102 cm³/mol. The van der Waals surface area contributed by atoms with E-state index in [1.807, 2.05) is 18.8 Å². The number of hydrogen-bond donors (Lipinski definition) is 3. The summed E-state index contributed by atoms with van der Waals surface area (Å²) < 4.78 is 0. The Balaban J connectivity index is 3.10. The molecule has 5 heteroatoms. The van der Waals surface area contributed by atoms with Gasteiger partial charge in [0.05, 0.1) is 6.61 Å². The third kappa shape index (κ3) is 19.7. The van der Waals surface area contributed by atoms with Gasteiger partial charge in [-0.05, 0) is 45.0 Å². The summed E-state index contributed by atoms with van der Waals surface area (Å²) in [6.07, 6.45) is 12.9.